The molecular weight excluding hydrogens is 503 g/mol. The number of rotatable bonds is 7. The summed E-state index contributed by atoms with van der Waals surface area (Å²) in [5.41, 5.74) is 1.05. The maximum Gasteiger partial charge on any atom is 0.269 e. The van der Waals surface area contributed by atoms with Gasteiger partial charge < -0.3 is 9.80 Å². The van der Waals surface area contributed by atoms with Crippen LogP contribution in [-0.4, -0.2) is 67.2 Å². The van der Waals surface area contributed by atoms with E-state index in [1.54, 1.807) is 23.9 Å². The normalized spacial score (nSPS) is 20.5. The van der Waals surface area contributed by atoms with E-state index in [2.05, 4.69) is 9.80 Å². The maximum atomic E-state index is 13.5. The van der Waals surface area contributed by atoms with E-state index in [0.29, 0.717) is 25.0 Å². The van der Waals surface area contributed by atoms with Gasteiger partial charge in [-0.3, -0.25) is 10.1 Å². The molecule has 8 nitrogen and oxygen atoms in total. The molecule has 3 aliphatic heterocycles. The van der Waals surface area contributed by atoms with E-state index >= 15 is 0 Å². The molecule has 0 spiro atoms. The standard InChI is InChI=1S/C25H31FN4O4S2/c26-20-1-6-24-25(17-20)35-18-29(24)21-10-13-27(14-11-21)12-7-19-8-15-28(16-9-19)36(33,34)23-4-2-22(3-5-23)30(31)32/h1-6,17,19,21H,7-16,18H2. The number of thioether (sulfide) groups is 1. The van der Waals surface area contributed by atoms with Crippen molar-refractivity contribution in [2.45, 2.75) is 47.9 Å². The average molecular weight is 535 g/mol. The van der Waals surface area contributed by atoms with Crippen molar-refractivity contribution in [2.24, 2.45) is 5.92 Å². The third-order valence-corrected chi connectivity index (χ3v) is 10.7. The van der Waals surface area contributed by atoms with Crippen LogP contribution < -0.4 is 4.90 Å². The molecule has 3 aliphatic rings. The lowest BCUT2D eigenvalue weighted by Gasteiger charge is -2.38. The van der Waals surface area contributed by atoms with Crippen LogP contribution in [0.25, 0.3) is 0 Å². The Hall–Kier alpha value is -2.21. The van der Waals surface area contributed by atoms with Gasteiger partial charge in [0.25, 0.3) is 5.69 Å². The highest BCUT2D eigenvalue weighted by Gasteiger charge is 2.32. The third-order valence-electron chi connectivity index (χ3n) is 7.70. The van der Waals surface area contributed by atoms with Crippen LogP contribution in [0.1, 0.15) is 32.1 Å². The van der Waals surface area contributed by atoms with Crippen LogP contribution in [0.15, 0.2) is 52.3 Å². The topological polar surface area (TPSA) is 87.0 Å². The van der Waals surface area contributed by atoms with Crippen LogP contribution in [0.3, 0.4) is 0 Å². The van der Waals surface area contributed by atoms with Gasteiger partial charge in [0.15, 0.2) is 0 Å². The summed E-state index contributed by atoms with van der Waals surface area (Å²) in [5, 5.41) is 10.8. The number of non-ortho nitro benzene ring substituents is 1. The second-order valence-electron chi connectivity index (χ2n) is 9.82. The van der Waals surface area contributed by atoms with Crippen LogP contribution in [0.4, 0.5) is 15.8 Å². The molecule has 0 atom stereocenters. The van der Waals surface area contributed by atoms with Crippen molar-refractivity contribution in [3.63, 3.8) is 0 Å². The summed E-state index contributed by atoms with van der Waals surface area (Å²) < 4.78 is 40.9. The van der Waals surface area contributed by atoms with Crippen molar-refractivity contribution in [3.05, 3.63) is 58.4 Å². The number of nitro groups is 1. The number of fused-ring (bicyclic) bond motifs is 1. The second-order valence-corrected chi connectivity index (χ2v) is 12.7. The molecule has 5 rings (SSSR count). The first-order chi connectivity index (χ1) is 17.3. The van der Waals surface area contributed by atoms with E-state index in [-0.39, 0.29) is 16.4 Å². The van der Waals surface area contributed by atoms with Gasteiger partial charge in [0.2, 0.25) is 10.0 Å². The van der Waals surface area contributed by atoms with Gasteiger partial charge in [0.05, 0.1) is 21.4 Å². The van der Waals surface area contributed by atoms with Gasteiger partial charge in [0, 0.05) is 49.2 Å². The van der Waals surface area contributed by atoms with Crippen molar-refractivity contribution in [1.82, 2.24) is 9.21 Å². The molecule has 0 aromatic heterocycles. The molecule has 0 amide bonds. The summed E-state index contributed by atoms with van der Waals surface area (Å²) in [6, 6.07) is 10.7. The highest BCUT2D eigenvalue weighted by molar-refractivity contribution is 7.99. The second kappa shape index (κ2) is 10.6. The zero-order valence-corrected chi connectivity index (χ0v) is 21.7. The Bertz CT molecular complexity index is 1200. The fraction of sp³-hybridized carbons (Fsp3) is 0.520. The summed E-state index contributed by atoms with van der Waals surface area (Å²) in [4.78, 5) is 16.4. The summed E-state index contributed by atoms with van der Waals surface area (Å²) in [7, 11) is -3.63. The number of benzene rings is 2. The van der Waals surface area contributed by atoms with Crippen molar-refractivity contribution < 1.29 is 17.7 Å². The Morgan fingerprint density at radius 1 is 1.00 bits per heavy atom. The Labute approximate surface area is 215 Å². The lowest BCUT2D eigenvalue weighted by atomic mass is 9.94. The number of hydrogen-bond donors (Lipinski definition) is 0. The lowest BCUT2D eigenvalue weighted by molar-refractivity contribution is -0.384. The number of nitrogens with zero attached hydrogens (tertiary/aromatic N) is 4. The van der Waals surface area contributed by atoms with Crippen molar-refractivity contribution in [1.29, 1.82) is 0 Å². The molecule has 36 heavy (non-hydrogen) atoms. The Morgan fingerprint density at radius 2 is 1.69 bits per heavy atom. The van der Waals surface area contributed by atoms with Gasteiger partial charge in [-0.2, -0.15) is 4.31 Å². The van der Waals surface area contributed by atoms with E-state index in [0.717, 1.165) is 68.2 Å². The number of likely N-dealkylation sites (tertiary alicyclic amines) is 1. The SMILES string of the molecule is O=[N+]([O-])c1ccc(S(=O)(=O)N2CCC(CCN3CCC(N4CSc5cc(F)ccc54)CC3)CC2)cc1. The number of piperidine rings is 2. The van der Waals surface area contributed by atoms with E-state index in [4.69, 9.17) is 0 Å². The number of anilines is 1. The molecule has 0 aliphatic carbocycles. The Kier molecular flexibility index (Phi) is 7.52. The van der Waals surface area contributed by atoms with Gasteiger partial charge in [0.1, 0.15) is 5.82 Å². The first-order valence-corrected chi connectivity index (χ1v) is 14.9. The Balaban J connectivity index is 1.06. The first-order valence-electron chi connectivity index (χ1n) is 12.5. The van der Waals surface area contributed by atoms with Crippen LogP contribution in [0.2, 0.25) is 0 Å². The van der Waals surface area contributed by atoms with Crippen molar-refractivity contribution in [3.8, 4) is 0 Å². The fourth-order valence-electron chi connectivity index (χ4n) is 5.50. The van der Waals surface area contributed by atoms with E-state index in [9.17, 15) is 22.9 Å². The highest BCUT2D eigenvalue weighted by atomic mass is 32.2. The lowest BCUT2D eigenvalue weighted by Crippen LogP contribution is -2.45. The number of sulfonamides is 1. The van der Waals surface area contributed by atoms with Gasteiger partial charge in [-0.1, -0.05) is 0 Å². The highest BCUT2D eigenvalue weighted by Crippen LogP contribution is 2.41. The number of halogens is 1. The molecule has 2 fully saturated rings. The molecule has 0 unspecified atom stereocenters. The molecule has 3 heterocycles. The predicted octanol–water partition coefficient (Wildman–Crippen LogP) is 4.56. The van der Waals surface area contributed by atoms with Crippen molar-refractivity contribution >= 4 is 33.2 Å². The van der Waals surface area contributed by atoms with Gasteiger partial charge >= 0.3 is 0 Å². The molecule has 2 saturated heterocycles. The monoisotopic (exact) mass is 534 g/mol. The molecular formula is C25H31FN4O4S2. The Morgan fingerprint density at radius 3 is 2.36 bits per heavy atom. The zero-order valence-electron chi connectivity index (χ0n) is 20.1. The molecule has 2 aromatic carbocycles. The molecule has 0 bridgehead atoms. The molecule has 2 aromatic rings. The molecule has 11 heteroatoms. The van der Waals surface area contributed by atoms with Crippen LogP contribution in [-0.2, 0) is 10.0 Å². The molecule has 194 valence electrons. The van der Waals surface area contributed by atoms with Gasteiger partial charge in [-0.25, -0.2) is 12.8 Å². The van der Waals surface area contributed by atoms with E-state index in [1.807, 2.05) is 6.07 Å². The van der Waals surface area contributed by atoms with Crippen LogP contribution in [0.5, 0.6) is 0 Å². The maximum absolute atomic E-state index is 13.5. The fourth-order valence-corrected chi connectivity index (χ4v) is 8.13. The summed E-state index contributed by atoms with van der Waals surface area (Å²) >= 11 is 1.71. The van der Waals surface area contributed by atoms with Crippen molar-refractivity contribution in [2.75, 3.05) is 43.5 Å². The van der Waals surface area contributed by atoms with E-state index in [1.165, 1.54) is 28.6 Å². The molecule has 0 N–H and O–H groups in total. The number of nitro benzene ring substituents is 1. The molecule has 0 saturated carbocycles. The van der Waals surface area contributed by atoms with Gasteiger partial charge in [-0.15, -0.1) is 11.8 Å². The zero-order chi connectivity index (χ0) is 25.3. The summed E-state index contributed by atoms with van der Waals surface area (Å²) in [5.74, 6) is 1.22. The predicted molar refractivity (Wildman–Crippen MR) is 138 cm³/mol. The minimum atomic E-state index is -3.63. The smallest absolute Gasteiger partial charge is 0.269 e. The number of hydrogen-bond acceptors (Lipinski definition) is 7. The van der Waals surface area contributed by atoms with Crippen LogP contribution in [0, 0.1) is 21.8 Å². The largest absolute Gasteiger partial charge is 0.358 e. The third kappa shape index (κ3) is 5.39. The summed E-state index contributed by atoms with van der Waals surface area (Å²) in [6.07, 6.45) is 4.94. The van der Waals surface area contributed by atoms with Gasteiger partial charge in [-0.05, 0) is 74.9 Å². The average Bonchev–Trinajstić information content (AvgIpc) is 3.31. The van der Waals surface area contributed by atoms with Crippen LogP contribution >= 0.6 is 11.8 Å². The first kappa shape index (κ1) is 25.4. The van der Waals surface area contributed by atoms with E-state index < -0.39 is 14.9 Å². The quantitative estimate of drug-likeness (QED) is 0.380. The minimum absolute atomic E-state index is 0.110. The molecule has 0 radical (unpaired) electrons. The minimum Gasteiger partial charge on any atom is -0.358 e. The summed E-state index contributed by atoms with van der Waals surface area (Å²) in [6.45, 7) is 4.10.